The zero-order valence-corrected chi connectivity index (χ0v) is 12.7. The van der Waals surface area contributed by atoms with E-state index in [2.05, 4.69) is 48.1 Å². The predicted octanol–water partition coefficient (Wildman–Crippen LogP) is 3.97. The van der Waals surface area contributed by atoms with Crippen LogP contribution < -0.4 is 10.1 Å². The normalized spacial score (nSPS) is 14.8. The quantitative estimate of drug-likeness (QED) is 0.868. The lowest BCUT2D eigenvalue weighted by Crippen LogP contribution is -2.16. The summed E-state index contributed by atoms with van der Waals surface area (Å²) in [6, 6.07) is 11.5. The standard InChI is InChI=1S/C17H21NOS/c1-18-16(6-2-4-15-5-3-11-20-15)13-7-8-17-14(12-13)9-10-19-17/h3,5,7-8,11-12,16,18H,2,4,6,9-10H2,1H3. The molecule has 1 N–H and O–H groups in total. The van der Waals surface area contributed by atoms with Crippen molar-refractivity contribution in [1.29, 1.82) is 0 Å². The molecule has 0 spiro atoms. The summed E-state index contributed by atoms with van der Waals surface area (Å²) in [5.74, 6) is 1.07. The van der Waals surface area contributed by atoms with Crippen LogP contribution in [0.15, 0.2) is 35.7 Å². The lowest BCUT2D eigenvalue weighted by Gasteiger charge is -2.17. The Bertz CT molecular complexity index is 550. The molecule has 0 fully saturated rings. The summed E-state index contributed by atoms with van der Waals surface area (Å²) in [6.07, 6.45) is 4.63. The van der Waals surface area contributed by atoms with Crippen molar-refractivity contribution in [2.75, 3.05) is 13.7 Å². The number of ether oxygens (including phenoxy) is 1. The molecule has 2 aromatic rings. The minimum absolute atomic E-state index is 0.445. The molecule has 3 rings (SSSR count). The minimum atomic E-state index is 0.445. The fraction of sp³-hybridized carbons (Fsp3) is 0.412. The predicted molar refractivity (Wildman–Crippen MR) is 84.7 cm³/mol. The second-order valence-corrected chi connectivity index (χ2v) is 6.31. The Morgan fingerprint density at radius 2 is 2.30 bits per heavy atom. The number of rotatable bonds is 6. The Morgan fingerprint density at radius 3 is 3.10 bits per heavy atom. The van der Waals surface area contributed by atoms with Gasteiger partial charge in [-0.05, 0) is 54.9 Å². The highest BCUT2D eigenvalue weighted by Crippen LogP contribution is 2.29. The molecule has 3 heteroatoms. The summed E-state index contributed by atoms with van der Waals surface area (Å²) >= 11 is 1.86. The Morgan fingerprint density at radius 1 is 1.35 bits per heavy atom. The van der Waals surface area contributed by atoms with Gasteiger partial charge in [0.1, 0.15) is 5.75 Å². The van der Waals surface area contributed by atoms with Crippen LogP contribution in [0.4, 0.5) is 0 Å². The van der Waals surface area contributed by atoms with Gasteiger partial charge < -0.3 is 10.1 Å². The fourth-order valence-corrected chi connectivity index (χ4v) is 3.59. The molecule has 0 saturated carbocycles. The molecular weight excluding hydrogens is 266 g/mol. The molecule has 0 aliphatic carbocycles. The van der Waals surface area contributed by atoms with Crippen LogP contribution in [0.5, 0.6) is 5.75 Å². The van der Waals surface area contributed by atoms with Crippen LogP contribution in [0.2, 0.25) is 0 Å². The SMILES string of the molecule is CNC(CCCc1cccs1)c1ccc2c(c1)CCO2. The average Bonchev–Trinajstić information content (AvgIpc) is 3.13. The highest BCUT2D eigenvalue weighted by atomic mass is 32.1. The van der Waals surface area contributed by atoms with E-state index in [-0.39, 0.29) is 0 Å². The van der Waals surface area contributed by atoms with Crippen molar-refractivity contribution in [3.05, 3.63) is 51.7 Å². The molecule has 1 aromatic carbocycles. The topological polar surface area (TPSA) is 21.3 Å². The van der Waals surface area contributed by atoms with Crippen LogP contribution in [0.1, 0.15) is 34.9 Å². The first kappa shape index (κ1) is 13.7. The maximum Gasteiger partial charge on any atom is 0.122 e. The molecule has 106 valence electrons. The second kappa shape index (κ2) is 6.42. The number of nitrogens with one attached hydrogen (secondary N) is 1. The summed E-state index contributed by atoms with van der Waals surface area (Å²) in [5, 5.41) is 5.61. The molecular formula is C17H21NOS. The van der Waals surface area contributed by atoms with Gasteiger partial charge in [0, 0.05) is 17.3 Å². The van der Waals surface area contributed by atoms with Crippen LogP contribution in [0.3, 0.4) is 0 Å². The van der Waals surface area contributed by atoms with E-state index in [9.17, 15) is 0 Å². The van der Waals surface area contributed by atoms with Gasteiger partial charge in [-0.1, -0.05) is 18.2 Å². The van der Waals surface area contributed by atoms with Crippen molar-refractivity contribution >= 4 is 11.3 Å². The van der Waals surface area contributed by atoms with E-state index in [1.165, 1.54) is 35.3 Å². The number of benzene rings is 1. The molecule has 0 bridgehead atoms. The van der Waals surface area contributed by atoms with E-state index < -0.39 is 0 Å². The van der Waals surface area contributed by atoms with Crippen LogP contribution in [0, 0.1) is 0 Å². The first-order valence-corrected chi connectivity index (χ1v) is 8.20. The summed E-state index contributed by atoms with van der Waals surface area (Å²) in [6.45, 7) is 0.835. The zero-order valence-electron chi connectivity index (χ0n) is 11.9. The summed E-state index contributed by atoms with van der Waals surface area (Å²) in [5.41, 5.74) is 2.75. The Labute approximate surface area is 124 Å². The van der Waals surface area contributed by atoms with E-state index in [0.29, 0.717) is 6.04 Å². The third-order valence-corrected chi connectivity index (χ3v) is 4.90. The Hall–Kier alpha value is -1.32. The number of aryl methyl sites for hydroxylation is 1. The second-order valence-electron chi connectivity index (χ2n) is 5.28. The monoisotopic (exact) mass is 287 g/mol. The lowest BCUT2D eigenvalue weighted by molar-refractivity contribution is 0.356. The van der Waals surface area contributed by atoms with Crippen molar-refractivity contribution in [3.8, 4) is 5.75 Å². The zero-order chi connectivity index (χ0) is 13.8. The average molecular weight is 287 g/mol. The largest absolute Gasteiger partial charge is 0.493 e. The highest BCUT2D eigenvalue weighted by Gasteiger charge is 2.15. The number of hydrogen-bond donors (Lipinski definition) is 1. The van der Waals surface area contributed by atoms with Gasteiger partial charge in [0.15, 0.2) is 0 Å². The lowest BCUT2D eigenvalue weighted by atomic mass is 9.98. The third kappa shape index (κ3) is 3.05. The van der Waals surface area contributed by atoms with Gasteiger partial charge in [-0.2, -0.15) is 0 Å². The number of hydrogen-bond acceptors (Lipinski definition) is 3. The van der Waals surface area contributed by atoms with Gasteiger partial charge >= 0.3 is 0 Å². The maximum atomic E-state index is 5.58. The molecule has 1 aliphatic rings. The summed E-state index contributed by atoms with van der Waals surface area (Å²) < 4.78 is 5.58. The first-order valence-electron chi connectivity index (χ1n) is 7.32. The fourth-order valence-electron chi connectivity index (χ4n) is 2.84. The maximum absolute atomic E-state index is 5.58. The van der Waals surface area contributed by atoms with Gasteiger partial charge in [0.25, 0.3) is 0 Å². The van der Waals surface area contributed by atoms with Gasteiger partial charge in [-0.3, -0.25) is 0 Å². The van der Waals surface area contributed by atoms with E-state index in [1.807, 2.05) is 11.3 Å². The van der Waals surface area contributed by atoms with Gasteiger partial charge in [0.2, 0.25) is 0 Å². The smallest absolute Gasteiger partial charge is 0.122 e. The van der Waals surface area contributed by atoms with Crippen molar-refractivity contribution in [3.63, 3.8) is 0 Å². The molecule has 1 unspecified atom stereocenters. The number of thiophene rings is 1. The van der Waals surface area contributed by atoms with Gasteiger partial charge in [0.05, 0.1) is 6.61 Å². The van der Waals surface area contributed by atoms with E-state index in [4.69, 9.17) is 4.74 Å². The van der Waals surface area contributed by atoms with Gasteiger partial charge in [-0.25, -0.2) is 0 Å². The Balaban J connectivity index is 1.61. The first-order chi connectivity index (χ1) is 9.86. The van der Waals surface area contributed by atoms with Crippen molar-refractivity contribution < 1.29 is 4.74 Å². The molecule has 1 aliphatic heterocycles. The van der Waals surface area contributed by atoms with E-state index >= 15 is 0 Å². The molecule has 0 radical (unpaired) electrons. The van der Waals surface area contributed by atoms with Crippen LogP contribution >= 0.6 is 11.3 Å². The molecule has 0 amide bonds. The molecule has 0 saturated heterocycles. The molecule has 2 heterocycles. The number of fused-ring (bicyclic) bond motifs is 1. The Kier molecular flexibility index (Phi) is 4.38. The molecule has 1 atom stereocenters. The van der Waals surface area contributed by atoms with E-state index in [0.717, 1.165) is 18.8 Å². The summed E-state index contributed by atoms with van der Waals surface area (Å²) in [7, 11) is 2.06. The van der Waals surface area contributed by atoms with E-state index in [1.54, 1.807) is 0 Å². The molecule has 20 heavy (non-hydrogen) atoms. The minimum Gasteiger partial charge on any atom is -0.493 e. The molecule has 1 aromatic heterocycles. The van der Waals surface area contributed by atoms with Crippen molar-refractivity contribution in [2.45, 2.75) is 31.7 Å². The highest BCUT2D eigenvalue weighted by molar-refractivity contribution is 7.09. The van der Waals surface area contributed by atoms with Crippen LogP contribution in [-0.4, -0.2) is 13.7 Å². The van der Waals surface area contributed by atoms with Crippen molar-refractivity contribution in [1.82, 2.24) is 5.32 Å². The van der Waals surface area contributed by atoms with Crippen molar-refractivity contribution in [2.24, 2.45) is 0 Å². The van der Waals surface area contributed by atoms with Crippen LogP contribution in [-0.2, 0) is 12.8 Å². The molecule has 2 nitrogen and oxygen atoms in total. The van der Waals surface area contributed by atoms with Gasteiger partial charge in [-0.15, -0.1) is 11.3 Å². The summed E-state index contributed by atoms with van der Waals surface area (Å²) in [4.78, 5) is 1.49. The third-order valence-electron chi connectivity index (χ3n) is 3.96. The van der Waals surface area contributed by atoms with Crippen LogP contribution in [0.25, 0.3) is 0 Å².